The van der Waals surface area contributed by atoms with Gasteiger partial charge in [-0.2, -0.15) is 0 Å². The van der Waals surface area contributed by atoms with Crippen molar-refractivity contribution in [1.29, 1.82) is 0 Å². The van der Waals surface area contributed by atoms with Crippen molar-refractivity contribution in [2.24, 2.45) is 0 Å². The van der Waals surface area contributed by atoms with Crippen molar-refractivity contribution in [3.63, 3.8) is 0 Å². The fourth-order valence-corrected chi connectivity index (χ4v) is 2.48. The number of ether oxygens (including phenoxy) is 2. The average Bonchev–Trinajstić information content (AvgIpc) is 2.68. The van der Waals surface area contributed by atoms with E-state index in [1.807, 2.05) is 66.7 Å². The van der Waals surface area contributed by atoms with E-state index < -0.39 is 0 Å². The lowest BCUT2D eigenvalue weighted by molar-refractivity contribution is 0.477. The van der Waals surface area contributed by atoms with Crippen LogP contribution in [0.5, 0.6) is 11.5 Å². The van der Waals surface area contributed by atoms with Crippen LogP contribution in [0, 0.1) is 12.5 Å². The molecule has 3 nitrogen and oxygen atoms in total. The molecule has 3 aromatic carbocycles. The largest absolute Gasteiger partial charge is 0.453 e. The van der Waals surface area contributed by atoms with Gasteiger partial charge in [0.05, 0.1) is 0 Å². The lowest BCUT2D eigenvalue weighted by atomic mass is 9.99. The highest BCUT2D eigenvalue weighted by atomic mass is 16.5. The smallest absolute Gasteiger partial charge is 0.174 e. The second kappa shape index (κ2) is 7.70. The summed E-state index contributed by atoms with van der Waals surface area (Å²) in [4.78, 5) is 10.2. The SMILES string of the molecule is C#COc1ccc(-c2cccc(-c3ccc(OC=C=O)cc3)c2)cc1. The van der Waals surface area contributed by atoms with Crippen LogP contribution in [0.2, 0.25) is 0 Å². The van der Waals surface area contributed by atoms with Crippen molar-refractivity contribution in [3.05, 3.63) is 79.1 Å². The van der Waals surface area contributed by atoms with Gasteiger partial charge in [0.15, 0.2) is 12.2 Å². The second-order valence-electron chi connectivity index (χ2n) is 5.20. The van der Waals surface area contributed by atoms with E-state index in [2.05, 4.69) is 12.2 Å². The summed E-state index contributed by atoms with van der Waals surface area (Å²) in [7, 11) is 0. The molecule has 3 aromatic rings. The lowest BCUT2D eigenvalue weighted by Gasteiger charge is -2.07. The molecule has 0 atom stereocenters. The van der Waals surface area contributed by atoms with Crippen LogP contribution in [-0.2, 0) is 4.79 Å². The van der Waals surface area contributed by atoms with E-state index in [9.17, 15) is 4.79 Å². The Hall–Kier alpha value is -3.73. The molecule has 120 valence electrons. The maximum Gasteiger partial charge on any atom is 0.174 e. The molecule has 0 fully saturated rings. The Balaban J connectivity index is 1.86. The van der Waals surface area contributed by atoms with Gasteiger partial charge in [-0.25, -0.2) is 4.79 Å². The Labute approximate surface area is 146 Å². The van der Waals surface area contributed by atoms with E-state index in [1.165, 1.54) is 0 Å². The van der Waals surface area contributed by atoms with Crippen LogP contribution >= 0.6 is 0 Å². The Morgan fingerprint density at radius 1 is 0.760 bits per heavy atom. The maximum absolute atomic E-state index is 10.2. The summed E-state index contributed by atoms with van der Waals surface area (Å²) in [5, 5.41) is 0. The third kappa shape index (κ3) is 3.97. The van der Waals surface area contributed by atoms with Gasteiger partial charge in [-0.3, -0.25) is 0 Å². The first-order valence-electron chi connectivity index (χ1n) is 7.59. The van der Waals surface area contributed by atoms with E-state index in [0.717, 1.165) is 28.5 Å². The van der Waals surface area contributed by atoms with Gasteiger partial charge >= 0.3 is 0 Å². The Morgan fingerprint density at radius 3 is 1.84 bits per heavy atom. The summed E-state index contributed by atoms with van der Waals surface area (Å²) in [6.45, 7) is 0. The van der Waals surface area contributed by atoms with Crippen LogP contribution < -0.4 is 9.47 Å². The number of hydrogen-bond donors (Lipinski definition) is 0. The molecule has 0 aliphatic heterocycles. The predicted molar refractivity (Wildman–Crippen MR) is 97.7 cm³/mol. The number of terminal acetylenes is 1. The molecule has 0 aliphatic carbocycles. The first-order chi connectivity index (χ1) is 12.3. The molecule has 3 heteroatoms. The van der Waals surface area contributed by atoms with Crippen molar-refractivity contribution >= 4 is 5.94 Å². The number of rotatable bonds is 5. The zero-order valence-corrected chi connectivity index (χ0v) is 13.3. The van der Waals surface area contributed by atoms with Crippen LogP contribution in [0.15, 0.2) is 79.1 Å². The highest BCUT2D eigenvalue weighted by Gasteiger charge is 2.03. The van der Waals surface area contributed by atoms with Crippen LogP contribution in [0.3, 0.4) is 0 Å². The average molecular weight is 326 g/mol. The minimum absolute atomic E-state index is 0.590. The van der Waals surface area contributed by atoms with Crippen molar-refractivity contribution in [2.45, 2.75) is 0 Å². The van der Waals surface area contributed by atoms with Crippen molar-refractivity contribution < 1.29 is 14.3 Å². The van der Waals surface area contributed by atoms with E-state index in [1.54, 1.807) is 5.94 Å². The van der Waals surface area contributed by atoms with Crippen molar-refractivity contribution in [3.8, 4) is 46.3 Å². The Kier molecular flexibility index (Phi) is 4.97. The van der Waals surface area contributed by atoms with Gasteiger partial charge in [0.25, 0.3) is 0 Å². The summed E-state index contributed by atoms with van der Waals surface area (Å²) in [6, 6.07) is 23.3. The normalized spacial score (nSPS) is 9.56. The third-order valence-corrected chi connectivity index (χ3v) is 3.66. The minimum Gasteiger partial charge on any atom is -0.453 e. The number of hydrogen-bond acceptors (Lipinski definition) is 3. The molecule has 25 heavy (non-hydrogen) atoms. The topological polar surface area (TPSA) is 35.5 Å². The van der Waals surface area contributed by atoms with Gasteiger partial charge in [-0.1, -0.05) is 48.9 Å². The van der Waals surface area contributed by atoms with E-state index in [-0.39, 0.29) is 0 Å². The highest BCUT2D eigenvalue weighted by molar-refractivity contribution is 5.73. The fraction of sp³-hybridized carbons (Fsp3) is 0. The second-order valence-corrected chi connectivity index (χ2v) is 5.20. The van der Waals surface area contributed by atoms with Gasteiger partial charge in [0.1, 0.15) is 17.6 Å². The molecule has 0 aromatic heterocycles. The van der Waals surface area contributed by atoms with Crippen LogP contribution in [-0.4, -0.2) is 5.94 Å². The predicted octanol–water partition coefficient (Wildman–Crippen LogP) is 4.71. The Morgan fingerprint density at radius 2 is 1.32 bits per heavy atom. The van der Waals surface area contributed by atoms with Gasteiger partial charge in [0, 0.05) is 0 Å². The molecule has 0 heterocycles. The monoisotopic (exact) mass is 326 g/mol. The zero-order chi connectivity index (χ0) is 17.5. The van der Waals surface area contributed by atoms with Crippen LogP contribution in [0.1, 0.15) is 0 Å². The minimum atomic E-state index is 0.590. The van der Waals surface area contributed by atoms with E-state index in [4.69, 9.17) is 15.9 Å². The molecule has 0 saturated carbocycles. The summed E-state index contributed by atoms with van der Waals surface area (Å²) in [6.07, 6.45) is 8.28. The Bertz CT molecular complexity index is 942. The standard InChI is InChI=1S/C22H14O3/c1-2-24-21-10-6-17(7-11-21)19-4-3-5-20(16-19)18-8-12-22(13-9-18)25-15-14-23/h1,3-13,15-16H. The van der Waals surface area contributed by atoms with E-state index >= 15 is 0 Å². The molecule has 0 amide bonds. The molecule has 0 saturated heterocycles. The molecule has 0 spiro atoms. The molecule has 0 unspecified atom stereocenters. The summed E-state index contributed by atoms with van der Waals surface area (Å²) < 4.78 is 10.1. The first-order valence-corrected chi connectivity index (χ1v) is 7.59. The number of carbonyl (C=O) groups excluding carboxylic acids is 1. The van der Waals surface area contributed by atoms with Gasteiger partial charge in [0.2, 0.25) is 0 Å². The number of benzene rings is 3. The molecular formula is C22H14O3. The molecular weight excluding hydrogens is 312 g/mol. The lowest BCUT2D eigenvalue weighted by Crippen LogP contribution is -1.85. The summed E-state index contributed by atoms with van der Waals surface area (Å²) >= 11 is 0. The molecule has 0 radical (unpaired) electrons. The van der Waals surface area contributed by atoms with Crippen molar-refractivity contribution in [2.75, 3.05) is 0 Å². The molecule has 3 rings (SSSR count). The molecule has 0 bridgehead atoms. The van der Waals surface area contributed by atoms with Gasteiger partial charge in [-0.05, 0) is 52.6 Å². The maximum atomic E-state index is 10.2. The first kappa shape index (κ1) is 16.1. The zero-order valence-electron chi connectivity index (χ0n) is 13.3. The van der Waals surface area contributed by atoms with Crippen molar-refractivity contribution in [1.82, 2.24) is 0 Å². The fourth-order valence-electron chi connectivity index (χ4n) is 2.48. The van der Waals surface area contributed by atoms with Gasteiger partial charge < -0.3 is 9.47 Å². The third-order valence-electron chi connectivity index (χ3n) is 3.66. The quantitative estimate of drug-likeness (QED) is 0.387. The van der Waals surface area contributed by atoms with E-state index in [0.29, 0.717) is 11.5 Å². The highest BCUT2D eigenvalue weighted by Crippen LogP contribution is 2.28. The van der Waals surface area contributed by atoms with Gasteiger partial charge in [-0.15, -0.1) is 0 Å². The molecule has 0 N–H and O–H groups in total. The van der Waals surface area contributed by atoms with Crippen LogP contribution in [0.4, 0.5) is 0 Å². The summed E-state index contributed by atoms with van der Waals surface area (Å²) in [5.41, 5.74) is 4.30. The molecule has 0 aliphatic rings. The van der Waals surface area contributed by atoms with Crippen LogP contribution in [0.25, 0.3) is 22.3 Å². The summed E-state index contributed by atoms with van der Waals surface area (Å²) in [5.74, 6) is 2.81.